The van der Waals surface area contributed by atoms with Crippen LogP contribution in [0, 0.1) is 6.92 Å². The normalized spacial score (nSPS) is 10.8. The smallest absolute Gasteiger partial charge is 0.230 e. The van der Waals surface area contributed by atoms with Gasteiger partial charge in [0, 0.05) is 6.54 Å². The Labute approximate surface area is 179 Å². The SMILES string of the molecule is Cc1occc1-c1nnc(SCC(=O)NCc2ccccc2)n1Cc1ccccc1. The zero-order chi connectivity index (χ0) is 20.8. The van der Waals surface area contributed by atoms with E-state index in [9.17, 15) is 4.79 Å². The largest absolute Gasteiger partial charge is 0.469 e. The average molecular weight is 419 g/mol. The fraction of sp³-hybridized carbons (Fsp3) is 0.174. The molecule has 0 saturated carbocycles. The molecule has 2 aromatic heterocycles. The van der Waals surface area contributed by atoms with Gasteiger partial charge in [-0.05, 0) is 24.1 Å². The van der Waals surface area contributed by atoms with Gasteiger partial charge in [-0.25, -0.2) is 0 Å². The highest BCUT2D eigenvalue weighted by molar-refractivity contribution is 7.99. The molecule has 0 unspecified atom stereocenters. The van der Waals surface area contributed by atoms with Crippen molar-refractivity contribution in [2.24, 2.45) is 0 Å². The first-order valence-electron chi connectivity index (χ1n) is 9.65. The predicted octanol–water partition coefficient (Wildman–Crippen LogP) is 4.30. The second-order valence-corrected chi connectivity index (χ2v) is 7.76. The molecule has 6 nitrogen and oxygen atoms in total. The van der Waals surface area contributed by atoms with Gasteiger partial charge in [0.25, 0.3) is 0 Å². The summed E-state index contributed by atoms with van der Waals surface area (Å²) in [6, 6.07) is 21.9. The van der Waals surface area contributed by atoms with Crippen LogP contribution in [0.3, 0.4) is 0 Å². The minimum Gasteiger partial charge on any atom is -0.469 e. The monoisotopic (exact) mass is 418 g/mol. The van der Waals surface area contributed by atoms with Crippen LogP contribution in [0.5, 0.6) is 0 Å². The second kappa shape index (κ2) is 9.45. The van der Waals surface area contributed by atoms with Crippen LogP contribution in [0.1, 0.15) is 16.9 Å². The Kier molecular flexibility index (Phi) is 6.29. The Bertz CT molecular complexity index is 1110. The van der Waals surface area contributed by atoms with Crippen LogP contribution in [0.4, 0.5) is 0 Å². The summed E-state index contributed by atoms with van der Waals surface area (Å²) in [7, 11) is 0. The molecule has 30 heavy (non-hydrogen) atoms. The number of furan rings is 1. The lowest BCUT2D eigenvalue weighted by Crippen LogP contribution is -2.24. The quantitative estimate of drug-likeness (QED) is 0.432. The Hall–Kier alpha value is -3.32. The molecular weight excluding hydrogens is 396 g/mol. The van der Waals surface area contributed by atoms with Crippen LogP contribution in [0.2, 0.25) is 0 Å². The number of aryl methyl sites for hydroxylation is 1. The molecule has 2 heterocycles. The molecule has 0 aliphatic carbocycles. The van der Waals surface area contributed by atoms with Crippen LogP contribution < -0.4 is 5.32 Å². The van der Waals surface area contributed by atoms with Gasteiger partial charge in [-0.2, -0.15) is 0 Å². The van der Waals surface area contributed by atoms with E-state index in [0.29, 0.717) is 18.2 Å². The van der Waals surface area contributed by atoms with Gasteiger partial charge in [0.1, 0.15) is 5.76 Å². The lowest BCUT2D eigenvalue weighted by Gasteiger charge is -2.10. The highest BCUT2D eigenvalue weighted by Gasteiger charge is 2.18. The third-order valence-electron chi connectivity index (χ3n) is 4.66. The summed E-state index contributed by atoms with van der Waals surface area (Å²) in [6.07, 6.45) is 1.65. The summed E-state index contributed by atoms with van der Waals surface area (Å²) in [5.74, 6) is 1.75. The maximum absolute atomic E-state index is 12.3. The summed E-state index contributed by atoms with van der Waals surface area (Å²) in [4.78, 5) is 12.3. The summed E-state index contributed by atoms with van der Waals surface area (Å²) in [5, 5.41) is 12.4. The van der Waals surface area contributed by atoms with Crippen molar-refractivity contribution in [2.45, 2.75) is 25.2 Å². The molecule has 1 amide bonds. The first kappa shape index (κ1) is 20.0. The number of nitrogens with one attached hydrogen (secondary N) is 1. The molecule has 4 rings (SSSR count). The number of aromatic nitrogens is 3. The highest BCUT2D eigenvalue weighted by atomic mass is 32.2. The number of hydrogen-bond acceptors (Lipinski definition) is 5. The number of nitrogens with zero attached hydrogens (tertiary/aromatic N) is 3. The number of hydrogen-bond donors (Lipinski definition) is 1. The molecule has 4 aromatic rings. The zero-order valence-electron chi connectivity index (χ0n) is 16.6. The van der Waals surface area contributed by atoms with Crippen LogP contribution in [0.15, 0.2) is 82.6 Å². The van der Waals surface area contributed by atoms with E-state index in [2.05, 4.69) is 27.6 Å². The standard InChI is InChI=1S/C23H22N4O2S/c1-17-20(12-13-29-17)22-25-26-23(27(22)15-19-10-6-3-7-11-19)30-16-21(28)24-14-18-8-4-2-5-9-18/h2-13H,14-16H2,1H3,(H,24,28). The minimum absolute atomic E-state index is 0.0424. The van der Waals surface area contributed by atoms with Crippen molar-refractivity contribution in [1.29, 1.82) is 0 Å². The molecule has 0 fully saturated rings. The molecule has 2 aromatic carbocycles. The van der Waals surface area contributed by atoms with Crippen molar-refractivity contribution in [3.05, 3.63) is 89.9 Å². The molecule has 152 valence electrons. The molecule has 1 N–H and O–H groups in total. The van der Waals surface area contributed by atoms with Crippen molar-refractivity contribution < 1.29 is 9.21 Å². The fourth-order valence-electron chi connectivity index (χ4n) is 3.10. The second-order valence-electron chi connectivity index (χ2n) is 6.82. The van der Waals surface area contributed by atoms with Crippen LogP contribution >= 0.6 is 11.8 Å². The van der Waals surface area contributed by atoms with Crippen LogP contribution in [-0.4, -0.2) is 26.4 Å². The number of rotatable bonds is 8. The molecular formula is C23H22N4O2S. The molecule has 0 radical (unpaired) electrons. The third-order valence-corrected chi connectivity index (χ3v) is 5.63. The van der Waals surface area contributed by atoms with Gasteiger partial charge in [-0.15, -0.1) is 10.2 Å². The van der Waals surface area contributed by atoms with Crippen molar-refractivity contribution in [3.63, 3.8) is 0 Å². The average Bonchev–Trinajstić information content (AvgIpc) is 3.37. The molecule has 0 aliphatic heterocycles. The lowest BCUT2D eigenvalue weighted by molar-refractivity contribution is -0.118. The van der Waals surface area contributed by atoms with Gasteiger partial charge in [0.05, 0.1) is 24.1 Å². The van der Waals surface area contributed by atoms with Gasteiger partial charge in [-0.3, -0.25) is 9.36 Å². The van der Waals surface area contributed by atoms with Crippen molar-refractivity contribution in [3.8, 4) is 11.4 Å². The van der Waals surface area contributed by atoms with Crippen molar-refractivity contribution >= 4 is 17.7 Å². The van der Waals surface area contributed by atoms with E-state index < -0.39 is 0 Å². The summed E-state index contributed by atoms with van der Waals surface area (Å²) >= 11 is 1.38. The maximum Gasteiger partial charge on any atom is 0.230 e. The summed E-state index contributed by atoms with van der Waals surface area (Å²) < 4.78 is 7.48. The Morgan fingerprint density at radius 2 is 1.70 bits per heavy atom. The first-order chi connectivity index (χ1) is 14.7. The minimum atomic E-state index is -0.0424. The third kappa shape index (κ3) is 4.80. The van der Waals surface area contributed by atoms with E-state index >= 15 is 0 Å². The van der Waals surface area contributed by atoms with Crippen molar-refractivity contribution in [2.75, 3.05) is 5.75 Å². The molecule has 0 bridgehead atoms. The Balaban J connectivity index is 1.49. The lowest BCUT2D eigenvalue weighted by atomic mass is 10.2. The van der Waals surface area contributed by atoms with E-state index in [-0.39, 0.29) is 11.7 Å². The molecule has 0 aliphatic rings. The number of thioether (sulfide) groups is 1. The van der Waals surface area contributed by atoms with E-state index in [0.717, 1.165) is 28.3 Å². The topological polar surface area (TPSA) is 72.9 Å². The first-order valence-corrected chi connectivity index (χ1v) is 10.6. The van der Waals surface area contributed by atoms with Gasteiger partial charge < -0.3 is 9.73 Å². The number of carbonyl (C=O) groups excluding carboxylic acids is 1. The highest BCUT2D eigenvalue weighted by Crippen LogP contribution is 2.27. The molecule has 7 heteroatoms. The van der Waals surface area contributed by atoms with Crippen LogP contribution in [0.25, 0.3) is 11.4 Å². The van der Waals surface area contributed by atoms with E-state index in [1.54, 1.807) is 6.26 Å². The van der Waals surface area contributed by atoms with E-state index in [1.165, 1.54) is 11.8 Å². The summed E-state index contributed by atoms with van der Waals surface area (Å²) in [5.41, 5.74) is 3.11. The van der Waals surface area contributed by atoms with E-state index in [4.69, 9.17) is 4.42 Å². The predicted molar refractivity (Wildman–Crippen MR) is 117 cm³/mol. The fourth-order valence-corrected chi connectivity index (χ4v) is 3.87. The Morgan fingerprint density at radius 1 is 1.00 bits per heavy atom. The van der Waals surface area contributed by atoms with Gasteiger partial charge in [0.15, 0.2) is 11.0 Å². The van der Waals surface area contributed by atoms with E-state index in [1.807, 2.05) is 66.1 Å². The van der Waals surface area contributed by atoms with Crippen molar-refractivity contribution in [1.82, 2.24) is 20.1 Å². The number of benzene rings is 2. The molecule has 0 saturated heterocycles. The molecule has 0 spiro atoms. The van der Waals surface area contributed by atoms with Gasteiger partial charge in [0.2, 0.25) is 5.91 Å². The Morgan fingerprint density at radius 3 is 2.37 bits per heavy atom. The number of amides is 1. The van der Waals surface area contributed by atoms with Gasteiger partial charge in [-0.1, -0.05) is 72.4 Å². The molecule has 0 atom stereocenters. The maximum atomic E-state index is 12.3. The number of carbonyl (C=O) groups is 1. The van der Waals surface area contributed by atoms with Crippen LogP contribution in [-0.2, 0) is 17.9 Å². The van der Waals surface area contributed by atoms with Gasteiger partial charge >= 0.3 is 0 Å². The zero-order valence-corrected chi connectivity index (χ0v) is 17.4. The summed E-state index contributed by atoms with van der Waals surface area (Å²) in [6.45, 7) is 3.03.